The largest absolute Gasteiger partial charge is 0.320 e. The van der Waals surface area contributed by atoms with Crippen LogP contribution in [0.5, 0.6) is 0 Å². The summed E-state index contributed by atoms with van der Waals surface area (Å²) in [6.07, 6.45) is 0.412. The van der Waals surface area contributed by atoms with Crippen LogP contribution in [0.2, 0.25) is 10.0 Å². The zero-order valence-corrected chi connectivity index (χ0v) is 12.9. The van der Waals surface area contributed by atoms with E-state index < -0.39 is 0 Å². The normalized spacial score (nSPS) is 15.2. The molecule has 1 amide bonds. The van der Waals surface area contributed by atoms with Gasteiger partial charge in [-0.2, -0.15) is 0 Å². The highest BCUT2D eigenvalue weighted by Crippen LogP contribution is 2.35. The fourth-order valence-corrected chi connectivity index (χ4v) is 3.05. The molecule has 2 N–H and O–H groups in total. The Kier molecular flexibility index (Phi) is 3.66. The summed E-state index contributed by atoms with van der Waals surface area (Å²) >= 11 is 12.3. The lowest BCUT2D eigenvalue weighted by molar-refractivity contribution is -0.117. The topological polar surface area (TPSA) is 46.3 Å². The Bertz CT molecular complexity index is 730. The fraction of sp³-hybridized carbons (Fsp3) is 0.188. The van der Waals surface area contributed by atoms with Crippen molar-refractivity contribution in [2.75, 3.05) is 11.9 Å². The highest BCUT2D eigenvalue weighted by atomic mass is 35.5. The van der Waals surface area contributed by atoms with Gasteiger partial charge in [0.25, 0.3) is 0 Å². The van der Waals surface area contributed by atoms with Gasteiger partial charge >= 0.3 is 0 Å². The lowest BCUT2D eigenvalue weighted by atomic mass is 9.97. The number of rotatable bonds is 2. The Morgan fingerprint density at radius 1 is 1.24 bits per heavy atom. The smallest absolute Gasteiger partial charge is 0.231 e. The molecule has 0 radical (unpaired) electrons. The van der Waals surface area contributed by atoms with Crippen LogP contribution in [0, 0.1) is 0 Å². The van der Waals surface area contributed by atoms with Crippen LogP contribution < -0.4 is 10.6 Å². The third-order valence-corrected chi connectivity index (χ3v) is 4.69. The second-order valence-electron chi connectivity index (χ2n) is 5.14. The van der Waals surface area contributed by atoms with E-state index in [-0.39, 0.29) is 11.9 Å². The van der Waals surface area contributed by atoms with Gasteiger partial charge in [-0.15, -0.1) is 0 Å². The lowest BCUT2D eigenvalue weighted by Crippen LogP contribution is -2.20. The summed E-state index contributed by atoms with van der Waals surface area (Å²) in [5.74, 6) is 0.0940. The average Bonchev–Trinajstić information content (AvgIpc) is 2.76. The van der Waals surface area contributed by atoms with Crippen molar-refractivity contribution >= 4 is 34.8 Å². The third kappa shape index (κ3) is 2.42. The molecule has 3 rings (SSSR count). The minimum absolute atomic E-state index is 0.0940. The minimum Gasteiger partial charge on any atom is -0.320 e. The predicted molar refractivity (Wildman–Crippen MR) is 86.0 cm³/mol. The summed E-state index contributed by atoms with van der Waals surface area (Å²) in [6.45, 7) is 0. The van der Waals surface area contributed by atoms with Gasteiger partial charge in [0, 0.05) is 12.7 Å². The predicted octanol–water partition coefficient (Wildman–Crippen LogP) is 3.56. The van der Waals surface area contributed by atoms with E-state index in [9.17, 15) is 4.79 Å². The first-order valence-electron chi connectivity index (χ1n) is 6.58. The van der Waals surface area contributed by atoms with Crippen LogP contribution in [0.4, 0.5) is 5.69 Å². The van der Waals surface area contributed by atoms with Crippen LogP contribution in [-0.4, -0.2) is 13.0 Å². The van der Waals surface area contributed by atoms with E-state index in [2.05, 4.69) is 0 Å². The Morgan fingerprint density at radius 3 is 2.76 bits per heavy atom. The number of anilines is 1. The van der Waals surface area contributed by atoms with Crippen LogP contribution in [0.15, 0.2) is 36.4 Å². The van der Waals surface area contributed by atoms with E-state index in [1.807, 2.05) is 30.3 Å². The molecule has 0 saturated heterocycles. The maximum absolute atomic E-state index is 11.7. The molecular formula is C16H14Cl2N2O. The van der Waals surface area contributed by atoms with E-state index in [4.69, 9.17) is 28.9 Å². The van der Waals surface area contributed by atoms with Crippen molar-refractivity contribution in [1.82, 2.24) is 0 Å². The first kappa shape index (κ1) is 14.4. The molecule has 21 heavy (non-hydrogen) atoms. The summed E-state index contributed by atoms with van der Waals surface area (Å²) < 4.78 is 0. The summed E-state index contributed by atoms with van der Waals surface area (Å²) in [7, 11) is 1.78. The molecule has 0 spiro atoms. The van der Waals surface area contributed by atoms with Gasteiger partial charge in [-0.25, -0.2) is 0 Å². The molecule has 1 aliphatic heterocycles. The Labute approximate surface area is 133 Å². The number of nitrogens with zero attached hydrogens (tertiary/aromatic N) is 1. The van der Waals surface area contributed by atoms with Gasteiger partial charge in [0.1, 0.15) is 0 Å². The third-order valence-electron chi connectivity index (χ3n) is 3.86. The number of carbonyl (C=O) groups is 1. The number of carbonyl (C=O) groups excluding carboxylic acids is 1. The van der Waals surface area contributed by atoms with Gasteiger partial charge in [0.15, 0.2) is 0 Å². The second-order valence-corrected chi connectivity index (χ2v) is 5.92. The van der Waals surface area contributed by atoms with Crippen LogP contribution >= 0.6 is 23.2 Å². The van der Waals surface area contributed by atoms with Gasteiger partial charge in [-0.1, -0.05) is 47.5 Å². The molecule has 2 aromatic carbocycles. The molecule has 0 aliphatic carbocycles. The van der Waals surface area contributed by atoms with Gasteiger partial charge in [0.2, 0.25) is 5.91 Å². The molecule has 2 aromatic rings. The molecule has 1 aliphatic rings. The minimum atomic E-state index is -0.373. The quantitative estimate of drug-likeness (QED) is 0.919. The number of likely N-dealkylation sites (N-methyl/N-ethyl adjacent to an activating group) is 1. The molecule has 0 bridgehead atoms. The van der Waals surface area contributed by atoms with Crippen molar-refractivity contribution in [3.63, 3.8) is 0 Å². The second kappa shape index (κ2) is 5.34. The number of nitrogens with two attached hydrogens (primary N) is 1. The number of hydrogen-bond acceptors (Lipinski definition) is 2. The van der Waals surface area contributed by atoms with Gasteiger partial charge < -0.3 is 10.6 Å². The highest BCUT2D eigenvalue weighted by Gasteiger charge is 2.25. The zero-order valence-electron chi connectivity index (χ0n) is 11.4. The molecule has 0 fully saturated rings. The molecule has 0 aromatic heterocycles. The summed E-state index contributed by atoms with van der Waals surface area (Å²) in [5.41, 5.74) is 9.94. The maximum atomic E-state index is 11.7. The first-order chi connectivity index (χ1) is 9.99. The number of hydrogen-bond donors (Lipinski definition) is 1. The molecular weight excluding hydrogens is 307 g/mol. The van der Waals surface area contributed by atoms with E-state index in [0.717, 1.165) is 22.4 Å². The lowest BCUT2D eigenvalue weighted by Gasteiger charge is -2.17. The van der Waals surface area contributed by atoms with E-state index >= 15 is 0 Å². The summed E-state index contributed by atoms with van der Waals surface area (Å²) in [5, 5.41) is 0.959. The highest BCUT2D eigenvalue weighted by molar-refractivity contribution is 6.42. The zero-order chi connectivity index (χ0) is 15.1. The standard InChI is InChI=1S/C16H14Cl2N2O/c1-20-13-6-5-9(7-10(13)8-14(20)21)16(19)11-3-2-4-12(17)15(11)18/h2-7,16H,8,19H2,1H3. The Hall–Kier alpha value is -1.55. The van der Waals surface area contributed by atoms with Crippen LogP contribution in [0.25, 0.3) is 0 Å². The van der Waals surface area contributed by atoms with Crippen molar-refractivity contribution < 1.29 is 4.79 Å². The van der Waals surface area contributed by atoms with Crippen LogP contribution in [0.1, 0.15) is 22.7 Å². The van der Waals surface area contributed by atoms with Crippen LogP contribution in [0.3, 0.4) is 0 Å². The Balaban J connectivity index is 2.00. The van der Waals surface area contributed by atoms with Crippen molar-refractivity contribution in [2.24, 2.45) is 5.73 Å². The number of halogens is 2. The number of amides is 1. The van der Waals surface area contributed by atoms with Gasteiger partial charge in [-0.05, 0) is 28.8 Å². The maximum Gasteiger partial charge on any atom is 0.231 e. The molecule has 0 saturated carbocycles. The van der Waals surface area contributed by atoms with Crippen molar-refractivity contribution in [2.45, 2.75) is 12.5 Å². The number of benzene rings is 2. The summed E-state index contributed by atoms with van der Waals surface area (Å²) in [4.78, 5) is 13.4. The van der Waals surface area contributed by atoms with Gasteiger partial charge in [0.05, 0.1) is 22.5 Å². The average molecular weight is 321 g/mol. The number of fused-ring (bicyclic) bond motifs is 1. The molecule has 1 atom stereocenters. The first-order valence-corrected chi connectivity index (χ1v) is 7.33. The SMILES string of the molecule is CN1C(=O)Cc2cc(C(N)c3cccc(Cl)c3Cl)ccc21. The summed E-state index contributed by atoms with van der Waals surface area (Å²) in [6, 6.07) is 10.9. The van der Waals surface area contributed by atoms with Crippen molar-refractivity contribution in [3.05, 3.63) is 63.1 Å². The fourth-order valence-electron chi connectivity index (χ4n) is 2.62. The molecule has 5 heteroatoms. The van der Waals surface area contributed by atoms with E-state index in [1.165, 1.54) is 0 Å². The Morgan fingerprint density at radius 2 is 2.00 bits per heavy atom. The van der Waals surface area contributed by atoms with Gasteiger partial charge in [-0.3, -0.25) is 4.79 Å². The van der Waals surface area contributed by atoms with Crippen molar-refractivity contribution in [1.29, 1.82) is 0 Å². The van der Waals surface area contributed by atoms with E-state index in [1.54, 1.807) is 18.0 Å². The molecule has 1 unspecified atom stereocenters. The van der Waals surface area contributed by atoms with Crippen molar-refractivity contribution in [3.8, 4) is 0 Å². The molecule has 1 heterocycles. The molecule has 108 valence electrons. The van der Waals surface area contributed by atoms with Crippen LogP contribution in [-0.2, 0) is 11.2 Å². The molecule has 3 nitrogen and oxygen atoms in total. The monoisotopic (exact) mass is 320 g/mol. The van der Waals surface area contributed by atoms with E-state index in [0.29, 0.717) is 16.5 Å².